The van der Waals surface area contributed by atoms with E-state index in [2.05, 4.69) is 19.2 Å². The van der Waals surface area contributed by atoms with Gasteiger partial charge in [-0.2, -0.15) is 0 Å². The van der Waals surface area contributed by atoms with E-state index in [0.29, 0.717) is 31.2 Å². The Morgan fingerprint density at radius 1 is 1.24 bits per heavy atom. The van der Waals surface area contributed by atoms with Crippen molar-refractivity contribution in [3.8, 4) is 0 Å². The number of carbonyl (C=O) groups excluding carboxylic acids is 1. The molecule has 0 aromatic heterocycles. The molecule has 0 saturated heterocycles. The van der Waals surface area contributed by atoms with E-state index >= 15 is 0 Å². The van der Waals surface area contributed by atoms with E-state index in [1.165, 1.54) is 32.1 Å². The smallest absolute Gasteiger partial charge is 0.220 e. The standard InChI is InChI=1S/C17H34N2O2/c1-13(2)8-9-17(21)19-11-10-16(20)15(18)12-14-6-4-3-5-7-14/h13-16,20H,3-12,18H2,1-2H3,(H,19,21)/t15-,16?/m0/s1. The van der Waals surface area contributed by atoms with Gasteiger partial charge in [-0.25, -0.2) is 0 Å². The van der Waals surface area contributed by atoms with E-state index in [4.69, 9.17) is 5.73 Å². The highest BCUT2D eigenvalue weighted by molar-refractivity contribution is 5.75. The van der Waals surface area contributed by atoms with E-state index in [9.17, 15) is 9.90 Å². The van der Waals surface area contributed by atoms with Crippen LogP contribution in [0.1, 0.15) is 71.6 Å². The Bertz CT molecular complexity index is 289. The Morgan fingerprint density at radius 2 is 1.90 bits per heavy atom. The summed E-state index contributed by atoms with van der Waals surface area (Å²) >= 11 is 0. The van der Waals surface area contributed by atoms with Crippen LogP contribution in [0.15, 0.2) is 0 Å². The summed E-state index contributed by atoms with van der Waals surface area (Å²) in [5, 5.41) is 13.0. The number of carbonyl (C=O) groups is 1. The van der Waals surface area contributed by atoms with Crippen molar-refractivity contribution in [2.24, 2.45) is 17.6 Å². The lowest BCUT2D eigenvalue weighted by atomic mass is 9.83. The molecule has 1 fully saturated rings. The average molecular weight is 298 g/mol. The molecule has 0 aliphatic heterocycles. The third-order valence-electron chi connectivity index (χ3n) is 4.54. The summed E-state index contributed by atoms with van der Waals surface area (Å²) < 4.78 is 0. The SMILES string of the molecule is CC(C)CCC(=O)NCCC(O)[C@@H](N)CC1CCCCC1. The van der Waals surface area contributed by atoms with Crippen molar-refractivity contribution < 1.29 is 9.90 Å². The molecule has 1 aliphatic carbocycles. The molecule has 1 aliphatic rings. The molecule has 1 amide bonds. The molecule has 0 aromatic carbocycles. The molecule has 2 atom stereocenters. The van der Waals surface area contributed by atoms with Crippen molar-refractivity contribution in [3.05, 3.63) is 0 Å². The number of rotatable bonds is 9. The number of aliphatic hydroxyl groups excluding tert-OH is 1. The van der Waals surface area contributed by atoms with Crippen molar-refractivity contribution in [1.82, 2.24) is 5.32 Å². The van der Waals surface area contributed by atoms with E-state index in [1.807, 2.05) is 0 Å². The molecule has 4 heteroatoms. The van der Waals surface area contributed by atoms with Gasteiger partial charge in [-0.1, -0.05) is 46.0 Å². The maximum Gasteiger partial charge on any atom is 0.220 e. The van der Waals surface area contributed by atoms with Gasteiger partial charge >= 0.3 is 0 Å². The molecule has 1 saturated carbocycles. The minimum absolute atomic E-state index is 0.0803. The highest BCUT2D eigenvalue weighted by atomic mass is 16.3. The summed E-state index contributed by atoms with van der Waals surface area (Å²) in [6.45, 7) is 4.75. The fourth-order valence-electron chi connectivity index (χ4n) is 3.05. The first kappa shape index (κ1) is 18.4. The average Bonchev–Trinajstić information content (AvgIpc) is 2.46. The third-order valence-corrected chi connectivity index (χ3v) is 4.54. The fourth-order valence-corrected chi connectivity index (χ4v) is 3.05. The largest absolute Gasteiger partial charge is 0.391 e. The van der Waals surface area contributed by atoms with Gasteiger partial charge in [0.15, 0.2) is 0 Å². The van der Waals surface area contributed by atoms with Crippen LogP contribution in [-0.4, -0.2) is 29.7 Å². The molecule has 21 heavy (non-hydrogen) atoms. The van der Waals surface area contributed by atoms with Crippen LogP contribution in [0, 0.1) is 11.8 Å². The molecule has 0 radical (unpaired) electrons. The van der Waals surface area contributed by atoms with Gasteiger partial charge in [0.2, 0.25) is 5.91 Å². The predicted molar refractivity (Wildman–Crippen MR) is 86.9 cm³/mol. The summed E-state index contributed by atoms with van der Waals surface area (Å²) in [6, 6.07) is -0.152. The lowest BCUT2D eigenvalue weighted by molar-refractivity contribution is -0.121. The van der Waals surface area contributed by atoms with E-state index in [1.54, 1.807) is 0 Å². The van der Waals surface area contributed by atoms with Crippen LogP contribution >= 0.6 is 0 Å². The van der Waals surface area contributed by atoms with Crippen molar-refractivity contribution in [2.45, 2.75) is 83.8 Å². The van der Waals surface area contributed by atoms with Crippen LogP contribution in [0.5, 0.6) is 0 Å². The van der Waals surface area contributed by atoms with Crippen LogP contribution in [0.25, 0.3) is 0 Å². The van der Waals surface area contributed by atoms with Crippen molar-refractivity contribution in [3.63, 3.8) is 0 Å². The van der Waals surface area contributed by atoms with Crippen molar-refractivity contribution >= 4 is 5.91 Å². The first-order valence-electron chi connectivity index (χ1n) is 8.69. The zero-order chi connectivity index (χ0) is 15.7. The van der Waals surface area contributed by atoms with E-state index < -0.39 is 6.10 Å². The number of aliphatic hydroxyl groups is 1. The van der Waals surface area contributed by atoms with Gasteiger partial charge in [0.25, 0.3) is 0 Å². The van der Waals surface area contributed by atoms with Crippen molar-refractivity contribution in [1.29, 1.82) is 0 Å². The summed E-state index contributed by atoms with van der Waals surface area (Å²) in [5.41, 5.74) is 6.10. The molecule has 1 rings (SSSR count). The molecule has 124 valence electrons. The number of amides is 1. The third kappa shape index (κ3) is 8.42. The number of hydrogen-bond donors (Lipinski definition) is 3. The van der Waals surface area contributed by atoms with Crippen molar-refractivity contribution in [2.75, 3.05) is 6.54 Å². The minimum Gasteiger partial charge on any atom is -0.391 e. The van der Waals surface area contributed by atoms with Gasteiger partial charge in [0.1, 0.15) is 0 Å². The maximum atomic E-state index is 11.6. The molecule has 0 aromatic rings. The second-order valence-electron chi connectivity index (χ2n) is 7.04. The zero-order valence-electron chi connectivity index (χ0n) is 13.8. The summed E-state index contributed by atoms with van der Waals surface area (Å²) in [5.74, 6) is 1.31. The molecule has 4 N–H and O–H groups in total. The van der Waals surface area contributed by atoms with Crippen LogP contribution in [0.4, 0.5) is 0 Å². The lowest BCUT2D eigenvalue weighted by Gasteiger charge is -2.27. The van der Waals surface area contributed by atoms with Gasteiger partial charge in [-0.05, 0) is 31.1 Å². The fraction of sp³-hybridized carbons (Fsp3) is 0.941. The molecule has 0 heterocycles. The van der Waals surface area contributed by atoms with Crippen LogP contribution in [0.2, 0.25) is 0 Å². The van der Waals surface area contributed by atoms with Gasteiger partial charge in [-0.3, -0.25) is 4.79 Å². The number of nitrogens with two attached hydrogens (primary N) is 1. The summed E-state index contributed by atoms with van der Waals surface area (Å²) in [6.07, 6.45) is 8.92. The summed E-state index contributed by atoms with van der Waals surface area (Å²) in [7, 11) is 0. The van der Waals surface area contributed by atoms with Crippen LogP contribution < -0.4 is 11.1 Å². The Balaban J connectivity index is 2.11. The Labute approximate surface area is 129 Å². The van der Waals surface area contributed by atoms with Gasteiger partial charge in [0.05, 0.1) is 6.10 Å². The Morgan fingerprint density at radius 3 is 2.52 bits per heavy atom. The first-order valence-corrected chi connectivity index (χ1v) is 8.69. The summed E-state index contributed by atoms with van der Waals surface area (Å²) in [4.78, 5) is 11.6. The quantitative estimate of drug-likeness (QED) is 0.612. The van der Waals surface area contributed by atoms with E-state index in [-0.39, 0.29) is 11.9 Å². The molecule has 0 bridgehead atoms. The lowest BCUT2D eigenvalue weighted by Crippen LogP contribution is -2.39. The maximum absolute atomic E-state index is 11.6. The molecular formula is C17H34N2O2. The minimum atomic E-state index is -0.502. The van der Waals surface area contributed by atoms with Gasteiger partial charge in [0, 0.05) is 19.0 Å². The highest BCUT2D eigenvalue weighted by Gasteiger charge is 2.21. The Kier molecular flexibility index (Phi) is 8.93. The van der Waals surface area contributed by atoms with Gasteiger partial charge < -0.3 is 16.2 Å². The zero-order valence-corrected chi connectivity index (χ0v) is 13.8. The highest BCUT2D eigenvalue weighted by Crippen LogP contribution is 2.27. The molecule has 4 nitrogen and oxygen atoms in total. The van der Waals surface area contributed by atoms with E-state index in [0.717, 1.165) is 12.8 Å². The predicted octanol–water partition coefficient (Wildman–Crippen LogP) is 2.59. The molecule has 0 spiro atoms. The number of nitrogens with one attached hydrogen (secondary N) is 1. The van der Waals surface area contributed by atoms with Crippen LogP contribution in [-0.2, 0) is 4.79 Å². The second kappa shape index (κ2) is 10.2. The normalized spacial score (nSPS) is 19.5. The van der Waals surface area contributed by atoms with Gasteiger partial charge in [-0.15, -0.1) is 0 Å². The molecular weight excluding hydrogens is 264 g/mol. The first-order chi connectivity index (χ1) is 9.99. The van der Waals surface area contributed by atoms with Crippen LogP contribution in [0.3, 0.4) is 0 Å². The number of hydrogen-bond acceptors (Lipinski definition) is 3. The molecule has 1 unspecified atom stereocenters. The second-order valence-corrected chi connectivity index (χ2v) is 7.04. The Hall–Kier alpha value is -0.610. The monoisotopic (exact) mass is 298 g/mol. The topological polar surface area (TPSA) is 75.3 Å².